The third-order valence-electron chi connectivity index (χ3n) is 5.94. The fourth-order valence-electron chi connectivity index (χ4n) is 4.26. The number of carbonyl (C=O) groups excluding carboxylic acids is 1. The molecule has 168 valence electrons. The second kappa shape index (κ2) is 16.2. The van der Waals surface area contributed by atoms with Crippen molar-refractivity contribution < 1.29 is 9.53 Å². The maximum atomic E-state index is 12.2. The lowest BCUT2D eigenvalue weighted by atomic mass is 9.82. The van der Waals surface area contributed by atoms with Crippen molar-refractivity contribution in [3.8, 4) is 0 Å². The number of hydrogen-bond acceptors (Lipinski definition) is 4. The van der Waals surface area contributed by atoms with E-state index in [0.29, 0.717) is 12.5 Å². The molecular weight excluding hydrogens is 350 g/mol. The second-order valence-corrected chi connectivity index (χ2v) is 8.22. The lowest BCUT2D eigenvalue weighted by Crippen LogP contribution is -2.55. The van der Waals surface area contributed by atoms with Crippen LogP contribution in [-0.4, -0.2) is 63.3 Å². The third-order valence-corrected chi connectivity index (χ3v) is 5.94. The molecule has 5 nitrogen and oxygen atoms in total. The number of ether oxygens (including phenoxy) is 1. The van der Waals surface area contributed by atoms with E-state index in [4.69, 9.17) is 4.74 Å². The maximum Gasteiger partial charge on any atom is 0.227 e. The first-order chi connectivity index (χ1) is 13.1. The first-order valence-corrected chi connectivity index (χ1v) is 11.3. The monoisotopic (exact) mass is 399 g/mol. The molecule has 0 unspecified atom stereocenters. The highest BCUT2D eigenvalue weighted by Gasteiger charge is 2.30. The van der Waals surface area contributed by atoms with Gasteiger partial charge < -0.3 is 20.3 Å². The van der Waals surface area contributed by atoms with Crippen LogP contribution < -0.4 is 10.6 Å². The van der Waals surface area contributed by atoms with Crippen molar-refractivity contribution in [3.05, 3.63) is 0 Å². The van der Waals surface area contributed by atoms with E-state index in [9.17, 15) is 4.79 Å². The Morgan fingerprint density at radius 2 is 1.79 bits per heavy atom. The zero-order valence-corrected chi connectivity index (χ0v) is 18.6. The van der Waals surface area contributed by atoms with Crippen LogP contribution in [0, 0.1) is 17.8 Å². The molecule has 0 bridgehead atoms. The molecule has 2 N–H and O–H groups in total. The van der Waals surface area contributed by atoms with Crippen LogP contribution in [0.3, 0.4) is 0 Å². The maximum absolute atomic E-state index is 12.2. The largest absolute Gasteiger partial charge is 0.383 e. The van der Waals surface area contributed by atoms with Gasteiger partial charge in [0.25, 0.3) is 0 Å². The van der Waals surface area contributed by atoms with Crippen LogP contribution in [0.2, 0.25) is 0 Å². The number of nitrogens with zero attached hydrogens (tertiary/aromatic N) is 1. The quantitative estimate of drug-likeness (QED) is 0.752. The van der Waals surface area contributed by atoms with Crippen LogP contribution in [0.1, 0.15) is 73.6 Å². The molecule has 3 rings (SSSR count). The number of nitrogens with one attached hydrogen (secondary N) is 2. The smallest absolute Gasteiger partial charge is 0.227 e. The van der Waals surface area contributed by atoms with Gasteiger partial charge in [0, 0.05) is 39.3 Å². The SMILES string of the molecule is C.CC.CC(C)C1CCCCC1.COC[C@@H]1CN(C(=O)[C@@H]2CCNC2)CCN1. The Hall–Kier alpha value is -0.650. The van der Waals surface area contributed by atoms with Crippen LogP contribution in [0.4, 0.5) is 0 Å². The minimum Gasteiger partial charge on any atom is -0.383 e. The molecule has 0 aromatic heterocycles. The zero-order valence-electron chi connectivity index (χ0n) is 18.6. The summed E-state index contributed by atoms with van der Waals surface area (Å²) in [6, 6.07) is 0.289. The van der Waals surface area contributed by atoms with Gasteiger partial charge in [0.2, 0.25) is 5.91 Å². The molecular formula is C23H49N3O2. The van der Waals surface area contributed by atoms with E-state index in [-0.39, 0.29) is 19.4 Å². The lowest BCUT2D eigenvalue weighted by molar-refractivity contribution is -0.136. The van der Waals surface area contributed by atoms with Crippen molar-refractivity contribution in [2.45, 2.75) is 79.7 Å². The Morgan fingerprint density at radius 3 is 2.29 bits per heavy atom. The summed E-state index contributed by atoms with van der Waals surface area (Å²) in [4.78, 5) is 14.2. The van der Waals surface area contributed by atoms with Crippen molar-refractivity contribution in [2.24, 2.45) is 17.8 Å². The normalized spacial score (nSPS) is 25.1. The van der Waals surface area contributed by atoms with Crippen LogP contribution in [0.15, 0.2) is 0 Å². The molecule has 3 fully saturated rings. The highest BCUT2D eigenvalue weighted by molar-refractivity contribution is 5.79. The fourth-order valence-corrected chi connectivity index (χ4v) is 4.26. The molecule has 1 aliphatic carbocycles. The number of hydrogen-bond donors (Lipinski definition) is 2. The molecule has 28 heavy (non-hydrogen) atoms. The molecule has 2 saturated heterocycles. The van der Waals surface area contributed by atoms with Crippen molar-refractivity contribution >= 4 is 5.91 Å². The van der Waals surface area contributed by atoms with Gasteiger partial charge in [0.15, 0.2) is 0 Å². The van der Waals surface area contributed by atoms with E-state index in [2.05, 4.69) is 24.5 Å². The number of carbonyl (C=O) groups is 1. The lowest BCUT2D eigenvalue weighted by Gasteiger charge is -2.34. The van der Waals surface area contributed by atoms with Gasteiger partial charge in [-0.25, -0.2) is 0 Å². The molecule has 1 amide bonds. The highest BCUT2D eigenvalue weighted by atomic mass is 16.5. The standard InChI is InChI=1S/C11H21N3O2.C9H18.C2H6.CH4/c1-16-8-10-7-14(5-4-13-10)11(15)9-2-3-12-6-9;1-8(2)9-6-4-3-5-7-9;1-2;/h9-10,12-13H,2-8H2,1H3;8-9H,3-7H2,1-2H3;1-2H3;1H4/t9-,10+;;;/m1.../s1. The molecule has 0 aromatic rings. The second-order valence-electron chi connectivity index (χ2n) is 8.22. The molecule has 0 spiro atoms. The summed E-state index contributed by atoms with van der Waals surface area (Å²) in [5.74, 6) is 2.50. The van der Waals surface area contributed by atoms with Crippen molar-refractivity contribution in [1.82, 2.24) is 15.5 Å². The Kier molecular flexibility index (Phi) is 15.8. The molecule has 5 heteroatoms. The molecule has 3 aliphatic rings. The average molecular weight is 400 g/mol. The van der Waals surface area contributed by atoms with E-state index < -0.39 is 0 Å². The Balaban J connectivity index is 0.000000521. The highest BCUT2D eigenvalue weighted by Crippen LogP contribution is 2.29. The Labute approximate surface area is 175 Å². The Bertz CT molecular complexity index is 376. The number of methoxy groups -OCH3 is 1. The van der Waals surface area contributed by atoms with Crippen LogP contribution in [0.5, 0.6) is 0 Å². The topological polar surface area (TPSA) is 53.6 Å². The van der Waals surface area contributed by atoms with E-state index >= 15 is 0 Å². The minimum absolute atomic E-state index is 0. The van der Waals surface area contributed by atoms with E-state index in [0.717, 1.165) is 51.0 Å². The minimum atomic E-state index is 0. The van der Waals surface area contributed by atoms with Crippen molar-refractivity contribution in [2.75, 3.05) is 46.4 Å². The molecule has 0 radical (unpaired) electrons. The van der Waals surface area contributed by atoms with Crippen LogP contribution in [-0.2, 0) is 9.53 Å². The average Bonchev–Trinajstić information content (AvgIpc) is 3.25. The summed E-state index contributed by atoms with van der Waals surface area (Å²) < 4.78 is 5.12. The summed E-state index contributed by atoms with van der Waals surface area (Å²) in [6.45, 7) is 13.7. The first-order valence-electron chi connectivity index (χ1n) is 11.3. The molecule has 2 aliphatic heterocycles. The molecule has 1 saturated carbocycles. The van der Waals surface area contributed by atoms with Crippen LogP contribution in [0.25, 0.3) is 0 Å². The molecule has 2 heterocycles. The molecule has 0 aromatic carbocycles. The third kappa shape index (κ3) is 9.71. The van der Waals surface area contributed by atoms with E-state index in [1.165, 1.54) is 32.1 Å². The molecule has 2 atom stereocenters. The summed E-state index contributed by atoms with van der Waals surface area (Å²) in [7, 11) is 1.70. The van der Waals surface area contributed by atoms with Gasteiger partial charge in [0.1, 0.15) is 0 Å². The summed E-state index contributed by atoms with van der Waals surface area (Å²) in [5, 5.41) is 6.60. The van der Waals surface area contributed by atoms with E-state index in [1.54, 1.807) is 7.11 Å². The first kappa shape index (κ1) is 27.4. The predicted octanol–water partition coefficient (Wildman–Crippen LogP) is 3.93. The number of amides is 1. The summed E-state index contributed by atoms with van der Waals surface area (Å²) in [5.41, 5.74) is 0. The zero-order chi connectivity index (χ0) is 20.1. The van der Waals surface area contributed by atoms with Gasteiger partial charge >= 0.3 is 0 Å². The van der Waals surface area contributed by atoms with Gasteiger partial charge in [-0.05, 0) is 24.8 Å². The van der Waals surface area contributed by atoms with Crippen molar-refractivity contribution in [3.63, 3.8) is 0 Å². The summed E-state index contributed by atoms with van der Waals surface area (Å²) >= 11 is 0. The van der Waals surface area contributed by atoms with Gasteiger partial charge in [-0.1, -0.05) is 67.2 Å². The van der Waals surface area contributed by atoms with Gasteiger partial charge in [-0.15, -0.1) is 0 Å². The van der Waals surface area contributed by atoms with Crippen LogP contribution >= 0.6 is 0 Å². The summed E-state index contributed by atoms with van der Waals surface area (Å²) in [6.07, 6.45) is 8.45. The van der Waals surface area contributed by atoms with Gasteiger partial charge in [-0.3, -0.25) is 4.79 Å². The fraction of sp³-hybridized carbons (Fsp3) is 0.957. The number of rotatable bonds is 4. The van der Waals surface area contributed by atoms with Gasteiger partial charge in [0.05, 0.1) is 12.5 Å². The van der Waals surface area contributed by atoms with E-state index in [1.807, 2.05) is 18.7 Å². The van der Waals surface area contributed by atoms with Gasteiger partial charge in [-0.2, -0.15) is 0 Å². The van der Waals surface area contributed by atoms with Crippen molar-refractivity contribution in [1.29, 1.82) is 0 Å². The Morgan fingerprint density at radius 1 is 1.11 bits per heavy atom. The predicted molar refractivity (Wildman–Crippen MR) is 121 cm³/mol. The number of piperazine rings is 1.